The number of benzene rings is 2. The number of para-hydroxylation sites is 3. The molecule has 4 heteroatoms. The zero-order chi connectivity index (χ0) is 18.6. The van der Waals surface area contributed by atoms with E-state index < -0.39 is 0 Å². The minimum atomic E-state index is 0.359. The number of fused-ring (bicyclic) bond motifs is 1. The second kappa shape index (κ2) is 8.13. The molecule has 1 saturated heterocycles. The molecule has 1 unspecified atom stereocenters. The molecule has 142 valence electrons. The number of hydrogen-bond donors (Lipinski definition) is 0. The van der Waals surface area contributed by atoms with Crippen LogP contribution in [0.4, 0.5) is 0 Å². The van der Waals surface area contributed by atoms with Gasteiger partial charge in [0.2, 0.25) is 0 Å². The Labute approximate surface area is 161 Å². The minimum absolute atomic E-state index is 0.359. The van der Waals surface area contributed by atoms with Crippen LogP contribution in [-0.2, 0) is 6.54 Å². The van der Waals surface area contributed by atoms with Gasteiger partial charge in [-0.2, -0.15) is 0 Å². The van der Waals surface area contributed by atoms with Crippen LogP contribution in [0.3, 0.4) is 0 Å². The van der Waals surface area contributed by atoms with Gasteiger partial charge in [0.05, 0.1) is 23.7 Å². The van der Waals surface area contributed by atoms with Crippen molar-refractivity contribution in [2.75, 3.05) is 19.7 Å². The molecule has 0 bridgehead atoms. The summed E-state index contributed by atoms with van der Waals surface area (Å²) in [4.78, 5) is 7.55. The Hall–Kier alpha value is -2.33. The van der Waals surface area contributed by atoms with Crippen molar-refractivity contribution in [2.24, 2.45) is 0 Å². The Morgan fingerprint density at radius 3 is 2.59 bits per heavy atom. The summed E-state index contributed by atoms with van der Waals surface area (Å²) in [5.41, 5.74) is 3.52. The highest BCUT2D eigenvalue weighted by molar-refractivity contribution is 5.76. The van der Waals surface area contributed by atoms with E-state index in [-0.39, 0.29) is 0 Å². The van der Waals surface area contributed by atoms with Crippen molar-refractivity contribution in [3.05, 3.63) is 59.9 Å². The van der Waals surface area contributed by atoms with Gasteiger partial charge in [0, 0.05) is 6.54 Å². The molecule has 2 heterocycles. The van der Waals surface area contributed by atoms with Gasteiger partial charge in [0.25, 0.3) is 0 Å². The van der Waals surface area contributed by atoms with E-state index in [0.717, 1.165) is 30.8 Å². The van der Waals surface area contributed by atoms with E-state index >= 15 is 0 Å². The number of hydrogen-bond acceptors (Lipinski definition) is 3. The molecule has 0 N–H and O–H groups in total. The maximum atomic E-state index is 6.00. The van der Waals surface area contributed by atoms with Crippen LogP contribution in [0.25, 0.3) is 11.0 Å². The van der Waals surface area contributed by atoms with Gasteiger partial charge in [-0.15, -0.1) is 0 Å². The predicted octanol–water partition coefficient (Wildman–Crippen LogP) is 4.97. The lowest BCUT2D eigenvalue weighted by atomic mass is 10.2. The molecule has 0 aliphatic carbocycles. The van der Waals surface area contributed by atoms with E-state index in [1.807, 2.05) is 18.2 Å². The third kappa shape index (κ3) is 3.86. The second-order valence-corrected chi connectivity index (χ2v) is 7.50. The lowest BCUT2D eigenvalue weighted by Gasteiger charge is -2.24. The Morgan fingerprint density at radius 1 is 1.04 bits per heavy atom. The monoisotopic (exact) mass is 363 g/mol. The van der Waals surface area contributed by atoms with Crippen molar-refractivity contribution in [3.63, 3.8) is 0 Å². The zero-order valence-electron chi connectivity index (χ0n) is 16.4. The maximum absolute atomic E-state index is 6.00. The molecule has 0 spiro atoms. The summed E-state index contributed by atoms with van der Waals surface area (Å²) in [5.74, 6) is 2.17. The average Bonchev–Trinajstić information content (AvgIpc) is 3.34. The lowest BCUT2D eigenvalue weighted by molar-refractivity contribution is 0.245. The molecular formula is C23H29N3O. The van der Waals surface area contributed by atoms with Crippen molar-refractivity contribution in [3.8, 4) is 5.75 Å². The average molecular weight is 364 g/mol. The van der Waals surface area contributed by atoms with E-state index in [9.17, 15) is 0 Å². The molecule has 1 aromatic heterocycles. The molecule has 1 atom stereocenters. The van der Waals surface area contributed by atoms with Gasteiger partial charge in [-0.05, 0) is 70.0 Å². The van der Waals surface area contributed by atoms with Crippen molar-refractivity contribution in [2.45, 2.75) is 45.7 Å². The first-order valence-electron chi connectivity index (χ1n) is 10.1. The molecule has 0 amide bonds. The quantitative estimate of drug-likeness (QED) is 0.555. The summed E-state index contributed by atoms with van der Waals surface area (Å²) < 4.78 is 8.41. The van der Waals surface area contributed by atoms with Crippen LogP contribution < -0.4 is 4.74 Å². The minimum Gasteiger partial charge on any atom is -0.493 e. The third-order valence-electron chi connectivity index (χ3n) is 5.62. The van der Waals surface area contributed by atoms with Crippen molar-refractivity contribution in [1.29, 1.82) is 0 Å². The molecular weight excluding hydrogens is 334 g/mol. The van der Waals surface area contributed by atoms with Gasteiger partial charge in [0.1, 0.15) is 11.6 Å². The summed E-state index contributed by atoms with van der Waals surface area (Å²) in [6, 6.07) is 17.1. The smallest absolute Gasteiger partial charge is 0.127 e. The first-order chi connectivity index (χ1) is 13.2. The number of aromatic nitrogens is 2. The van der Waals surface area contributed by atoms with Crippen LogP contribution in [0.1, 0.15) is 43.6 Å². The molecule has 4 nitrogen and oxygen atoms in total. The first kappa shape index (κ1) is 18.1. The molecule has 4 rings (SSSR count). The fourth-order valence-electron chi connectivity index (χ4n) is 4.06. The summed E-state index contributed by atoms with van der Waals surface area (Å²) in [6.45, 7) is 8.40. The Balaban J connectivity index is 1.49. The summed E-state index contributed by atoms with van der Waals surface area (Å²) in [5, 5.41) is 0. The maximum Gasteiger partial charge on any atom is 0.127 e. The van der Waals surface area contributed by atoms with Gasteiger partial charge in [-0.1, -0.05) is 30.3 Å². The fraction of sp³-hybridized carbons (Fsp3) is 0.435. The highest BCUT2D eigenvalue weighted by atomic mass is 16.5. The largest absolute Gasteiger partial charge is 0.493 e. The molecule has 27 heavy (non-hydrogen) atoms. The van der Waals surface area contributed by atoms with Crippen LogP contribution in [0, 0.1) is 6.92 Å². The number of aryl methyl sites for hydroxylation is 2. The van der Waals surface area contributed by atoms with Crippen LogP contribution >= 0.6 is 0 Å². The highest BCUT2D eigenvalue weighted by Gasteiger charge is 2.24. The molecule has 0 saturated carbocycles. The molecule has 3 aromatic rings. The van der Waals surface area contributed by atoms with Gasteiger partial charge in [-0.3, -0.25) is 4.90 Å². The topological polar surface area (TPSA) is 30.3 Å². The Kier molecular flexibility index (Phi) is 5.44. The van der Waals surface area contributed by atoms with Gasteiger partial charge in [0.15, 0.2) is 0 Å². The number of nitrogens with zero attached hydrogens (tertiary/aromatic N) is 3. The lowest BCUT2D eigenvalue weighted by Crippen LogP contribution is -2.26. The Morgan fingerprint density at radius 2 is 1.78 bits per heavy atom. The Bertz CT molecular complexity index is 896. The summed E-state index contributed by atoms with van der Waals surface area (Å²) in [7, 11) is 0. The van der Waals surface area contributed by atoms with Crippen molar-refractivity contribution in [1.82, 2.24) is 14.5 Å². The van der Waals surface area contributed by atoms with Gasteiger partial charge >= 0.3 is 0 Å². The first-order valence-corrected chi connectivity index (χ1v) is 10.1. The molecule has 0 radical (unpaired) electrons. The number of rotatable bonds is 7. The zero-order valence-corrected chi connectivity index (χ0v) is 16.4. The summed E-state index contributed by atoms with van der Waals surface area (Å²) in [6.07, 6.45) is 3.57. The fourth-order valence-corrected chi connectivity index (χ4v) is 4.06. The summed E-state index contributed by atoms with van der Waals surface area (Å²) >= 11 is 0. The van der Waals surface area contributed by atoms with Gasteiger partial charge in [-0.25, -0.2) is 4.98 Å². The molecule has 1 fully saturated rings. The number of likely N-dealkylation sites (tertiary alicyclic amines) is 1. The third-order valence-corrected chi connectivity index (χ3v) is 5.62. The van der Waals surface area contributed by atoms with E-state index in [1.165, 1.54) is 42.8 Å². The number of ether oxygens (including phenoxy) is 1. The van der Waals surface area contributed by atoms with E-state index in [4.69, 9.17) is 9.72 Å². The van der Waals surface area contributed by atoms with Crippen LogP contribution in [0.2, 0.25) is 0 Å². The van der Waals surface area contributed by atoms with Crippen LogP contribution in [0.15, 0.2) is 48.5 Å². The van der Waals surface area contributed by atoms with Crippen LogP contribution in [0.5, 0.6) is 5.75 Å². The molecule has 2 aromatic carbocycles. The van der Waals surface area contributed by atoms with Crippen LogP contribution in [-0.4, -0.2) is 34.1 Å². The van der Waals surface area contributed by atoms with Gasteiger partial charge < -0.3 is 9.30 Å². The SMILES string of the molecule is Cc1ccccc1OCCCn1c(C(C)N2CCCC2)nc2ccccc21. The predicted molar refractivity (Wildman–Crippen MR) is 110 cm³/mol. The molecule has 1 aliphatic heterocycles. The second-order valence-electron chi connectivity index (χ2n) is 7.50. The normalized spacial score (nSPS) is 16.1. The molecule has 1 aliphatic rings. The van der Waals surface area contributed by atoms with E-state index in [1.54, 1.807) is 0 Å². The van der Waals surface area contributed by atoms with Crippen molar-refractivity contribution < 1.29 is 4.74 Å². The van der Waals surface area contributed by atoms with E-state index in [0.29, 0.717) is 6.04 Å². The van der Waals surface area contributed by atoms with Crippen molar-refractivity contribution >= 4 is 11.0 Å². The number of imidazole rings is 1. The highest BCUT2D eigenvalue weighted by Crippen LogP contribution is 2.27. The van der Waals surface area contributed by atoms with E-state index in [2.05, 4.69) is 53.6 Å². The standard InChI is InChI=1S/C23H29N3O/c1-18-10-3-6-13-22(18)27-17-9-16-26-21-12-5-4-11-20(21)24-23(26)19(2)25-14-7-8-15-25/h3-6,10-13,19H,7-9,14-17H2,1-2H3.